The Morgan fingerprint density at radius 1 is 0.765 bits per heavy atom. The molecule has 0 aliphatic carbocycles. The number of piperazine rings is 1. The molecular formula is C38H39ClF4N6O2. The topological polar surface area (TPSA) is 66.9 Å². The second-order valence-corrected chi connectivity index (χ2v) is 13.8. The number of rotatable bonds is 9. The highest BCUT2D eigenvalue weighted by molar-refractivity contribution is 6.34. The molecule has 1 fully saturated rings. The summed E-state index contributed by atoms with van der Waals surface area (Å²) >= 11 is 6.82. The Labute approximate surface area is 299 Å². The van der Waals surface area contributed by atoms with Crippen LogP contribution < -0.4 is 19.3 Å². The lowest BCUT2D eigenvalue weighted by atomic mass is 10.0. The van der Waals surface area contributed by atoms with E-state index < -0.39 is 17.8 Å². The molecule has 0 spiro atoms. The molecular weight excluding hydrogens is 684 g/mol. The molecule has 0 amide bonds. The fourth-order valence-corrected chi connectivity index (χ4v) is 6.55. The van der Waals surface area contributed by atoms with Crippen LogP contribution in [-0.4, -0.2) is 65.8 Å². The number of nitrogens with zero attached hydrogens (tertiary/aromatic N) is 6. The normalized spacial score (nSPS) is 14.2. The third-order valence-corrected chi connectivity index (χ3v) is 9.41. The van der Waals surface area contributed by atoms with Gasteiger partial charge in [-0.05, 0) is 80.4 Å². The highest BCUT2D eigenvalue weighted by Crippen LogP contribution is 2.42. The van der Waals surface area contributed by atoms with Gasteiger partial charge in [0.1, 0.15) is 23.1 Å². The first-order valence-corrected chi connectivity index (χ1v) is 16.9. The van der Waals surface area contributed by atoms with E-state index in [1.54, 1.807) is 14.2 Å². The van der Waals surface area contributed by atoms with Gasteiger partial charge < -0.3 is 19.3 Å². The van der Waals surface area contributed by atoms with Gasteiger partial charge in [0.2, 0.25) is 0 Å². The molecule has 6 rings (SSSR count). The number of benzene rings is 3. The fraction of sp³-hybridized carbons (Fsp3) is 0.342. The van der Waals surface area contributed by atoms with Crippen molar-refractivity contribution in [2.24, 2.45) is 0 Å². The van der Waals surface area contributed by atoms with Crippen LogP contribution in [0.3, 0.4) is 0 Å². The van der Waals surface area contributed by atoms with Crippen molar-refractivity contribution < 1.29 is 27.0 Å². The average Bonchev–Trinajstić information content (AvgIpc) is 3.10. The van der Waals surface area contributed by atoms with E-state index in [9.17, 15) is 17.6 Å². The molecule has 1 aliphatic rings. The Hall–Kier alpha value is -4.68. The second-order valence-electron chi connectivity index (χ2n) is 13.4. The molecule has 0 saturated carbocycles. The quantitative estimate of drug-likeness (QED) is 0.111. The van der Waals surface area contributed by atoms with Crippen LogP contribution in [0.2, 0.25) is 5.02 Å². The van der Waals surface area contributed by atoms with Gasteiger partial charge in [-0.2, -0.15) is 22.5 Å². The monoisotopic (exact) mass is 722 g/mol. The smallest absolute Gasteiger partial charge is 0.418 e. The Morgan fingerprint density at radius 3 is 1.84 bits per heavy atom. The van der Waals surface area contributed by atoms with Crippen molar-refractivity contribution in [3.63, 3.8) is 0 Å². The molecule has 268 valence electrons. The molecule has 51 heavy (non-hydrogen) atoms. The van der Waals surface area contributed by atoms with Crippen molar-refractivity contribution in [2.75, 3.05) is 50.2 Å². The van der Waals surface area contributed by atoms with Gasteiger partial charge in [-0.1, -0.05) is 35.9 Å². The predicted molar refractivity (Wildman–Crippen MR) is 192 cm³/mol. The molecule has 0 bridgehead atoms. The van der Waals surface area contributed by atoms with E-state index in [1.165, 1.54) is 18.2 Å². The average molecular weight is 723 g/mol. The Kier molecular flexibility index (Phi) is 10.3. The van der Waals surface area contributed by atoms with Crippen LogP contribution >= 0.6 is 11.6 Å². The van der Waals surface area contributed by atoms with Crippen LogP contribution in [-0.2, 0) is 19.3 Å². The maximum Gasteiger partial charge on any atom is 0.418 e. The SMILES string of the molecule is COc1ccc(CN(Cc2ccc(OC)cc2)c2ccc(C(F)(F)F)c(-c3cc4nc(F)nc(N5CCN(C(C)(C)C)CC5)c4cc3Cl)n2)cc1. The molecule has 0 atom stereocenters. The van der Waals surface area contributed by atoms with Gasteiger partial charge in [0.05, 0.1) is 36.0 Å². The third kappa shape index (κ3) is 8.12. The highest BCUT2D eigenvalue weighted by atomic mass is 35.5. The maximum atomic E-state index is 15.0. The Morgan fingerprint density at radius 2 is 1.33 bits per heavy atom. The molecule has 0 unspecified atom stereocenters. The van der Waals surface area contributed by atoms with E-state index in [1.807, 2.05) is 58.3 Å². The summed E-state index contributed by atoms with van der Waals surface area (Å²) in [5.41, 5.74) is 0.492. The molecule has 2 aromatic heterocycles. The lowest BCUT2D eigenvalue weighted by Gasteiger charge is -2.42. The highest BCUT2D eigenvalue weighted by Gasteiger charge is 2.36. The van der Waals surface area contributed by atoms with Crippen molar-refractivity contribution in [1.29, 1.82) is 0 Å². The summed E-state index contributed by atoms with van der Waals surface area (Å²) in [6.45, 7) is 9.70. The molecule has 1 aliphatic heterocycles. The zero-order chi connectivity index (χ0) is 36.5. The van der Waals surface area contributed by atoms with Crippen LogP contribution in [0.1, 0.15) is 37.5 Å². The molecule has 5 aromatic rings. The zero-order valence-electron chi connectivity index (χ0n) is 29.1. The molecule has 1 saturated heterocycles. The number of hydrogen-bond donors (Lipinski definition) is 0. The van der Waals surface area contributed by atoms with Crippen molar-refractivity contribution in [1.82, 2.24) is 19.9 Å². The summed E-state index contributed by atoms with van der Waals surface area (Å²) in [5.74, 6) is 1.99. The molecule has 8 nitrogen and oxygen atoms in total. The van der Waals surface area contributed by atoms with Crippen molar-refractivity contribution in [3.8, 4) is 22.8 Å². The lowest BCUT2D eigenvalue weighted by Crippen LogP contribution is -2.53. The number of fused-ring (bicyclic) bond motifs is 1. The minimum Gasteiger partial charge on any atom is -0.497 e. The minimum atomic E-state index is -4.76. The zero-order valence-corrected chi connectivity index (χ0v) is 29.8. The number of pyridine rings is 1. The standard InChI is InChI=1S/C38H39ClF4N6O2/c1-37(2,3)49-18-16-47(17-19-49)35-29-20-31(39)28(21-32(29)44-36(40)46-35)34-30(38(41,42)43)14-15-33(45-34)48(22-24-6-10-26(50-4)11-7-24)23-25-8-12-27(51-5)13-9-25/h6-15,20-21H,16-19,22-23H2,1-5H3. The number of methoxy groups -OCH3 is 2. The molecule has 0 radical (unpaired) electrons. The number of anilines is 2. The molecule has 3 aromatic carbocycles. The van der Waals surface area contributed by atoms with Gasteiger partial charge in [-0.25, -0.2) is 9.97 Å². The second kappa shape index (κ2) is 14.5. The van der Waals surface area contributed by atoms with Gasteiger partial charge in [-0.15, -0.1) is 0 Å². The minimum absolute atomic E-state index is 0.0132. The number of aromatic nitrogens is 3. The van der Waals surface area contributed by atoms with Crippen molar-refractivity contribution >= 4 is 34.1 Å². The van der Waals surface area contributed by atoms with Crippen LogP contribution in [0.25, 0.3) is 22.2 Å². The largest absolute Gasteiger partial charge is 0.497 e. The van der Waals surface area contributed by atoms with Gasteiger partial charge >= 0.3 is 12.3 Å². The van der Waals surface area contributed by atoms with E-state index in [2.05, 4.69) is 40.6 Å². The van der Waals surface area contributed by atoms with E-state index in [-0.39, 0.29) is 33.2 Å². The summed E-state index contributed by atoms with van der Waals surface area (Å²) in [6.07, 6.45) is -5.74. The first kappa shape index (κ1) is 36.1. The lowest BCUT2D eigenvalue weighted by molar-refractivity contribution is -0.137. The van der Waals surface area contributed by atoms with Gasteiger partial charge in [0.15, 0.2) is 0 Å². The number of alkyl halides is 3. The summed E-state index contributed by atoms with van der Waals surface area (Å²) in [6, 6.07) is 20.1. The first-order valence-electron chi connectivity index (χ1n) is 16.5. The predicted octanol–water partition coefficient (Wildman–Crippen LogP) is 8.65. The summed E-state index contributed by atoms with van der Waals surface area (Å²) in [4.78, 5) is 18.9. The maximum absolute atomic E-state index is 15.0. The van der Waals surface area contributed by atoms with E-state index in [0.29, 0.717) is 48.9 Å². The van der Waals surface area contributed by atoms with Crippen molar-refractivity contribution in [3.05, 3.63) is 101 Å². The van der Waals surface area contributed by atoms with E-state index in [4.69, 9.17) is 21.1 Å². The fourth-order valence-electron chi connectivity index (χ4n) is 6.30. The number of hydrogen-bond acceptors (Lipinski definition) is 8. The van der Waals surface area contributed by atoms with E-state index >= 15 is 0 Å². The van der Waals surface area contributed by atoms with Gasteiger partial charge in [-0.3, -0.25) is 4.90 Å². The van der Waals surface area contributed by atoms with E-state index in [0.717, 1.165) is 30.3 Å². The summed E-state index contributed by atoms with van der Waals surface area (Å²) in [5, 5.41) is 0.457. The van der Waals surface area contributed by atoms with Crippen LogP contribution in [0.15, 0.2) is 72.8 Å². The first-order chi connectivity index (χ1) is 24.2. The van der Waals surface area contributed by atoms with Crippen LogP contribution in [0.5, 0.6) is 11.5 Å². The summed E-state index contributed by atoms with van der Waals surface area (Å²) in [7, 11) is 3.15. The van der Waals surface area contributed by atoms with Crippen LogP contribution in [0, 0.1) is 6.08 Å². The Bertz CT molecular complexity index is 1950. The summed E-state index contributed by atoms with van der Waals surface area (Å²) < 4.78 is 69.4. The van der Waals surface area contributed by atoms with Crippen LogP contribution in [0.4, 0.5) is 29.2 Å². The van der Waals surface area contributed by atoms with Gasteiger partial charge in [0, 0.05) is 55.8 Å². The molecule has 13 heteroatoms. The Balaban J connectivity index is 1.43. The molecule has 3 heterocycles. The molecule has 0 N–H and O–H groups in total. The van der Waals surface area contributed by atoms with Gasteiger partial charge in [0.25, 0.3) is 0 Å². The van der Waals surface area contributed by atoms with Crippen molar-refractivity contribution in [2.45, 2.75) is 45.6 Å². The number of ether oxygens (including phenoxy) is 2. The third-order valence-electron chi connectivity index (χ3n) is 9.10. The number of halogens is 5.